The lowest BCUT2D eigenvalue weighted by molar-refractivity contribution is 0.435. The van der Waals surface area contributed by atoms with Crippen molar-refractivity contribution in [1.82, 2.24) is 4.98 Å². The highest BCUT2D eigenvalue weighted by atomic mass is 79.9. The molecule has 6 heteroatoms. The maximum Gasteiger partial charge on any atom is 0.370 e. The molecule has 0 fully saturated rings. The first-order valence-corrected chi connectivity index (χ1v) is 6.03. The van der Waals surface area contributed by atoms with Crippen molar-refractivity contribution < 1.29 is 8.92 Å². The second-order valence-electron chi connectivity index (χ2n) is 2.37. The summed E-state index contributed by atoms with van der Waals surface area (Å²) in [6, 6.07) is 1.84. The van der Waals surface area contributed by atoms with Gasteiger partial charge >= 0.3 is 5.24 Å². The molecular formula is C8H8BrNO2S2. The van der Waals surface area contributed by atoms with Gasteiger partial charge in [0.2, 0.25) is 0 Å². The number of pyridine rings is 1. The molecule has 0 spiro atoms. The number of hydrogen-bond acceptors (Lipinski definition) is 5. The zero-order chi connectivity index (χ0) is 10.6. The summed E-state index contributed by atoms with van der Waals surface area (Å²) in [4.78, 5) is 4.02. The minimum Gasteiger partial charge on any atom is -0.415 e. The SMILES string of the molecule is CSOC(=S)Oc1cnc(Br)cc1C. The predicted molar refractivity (Wildman–Crippen MR) is 64.5 cm³/mol. The number of ether oxygens (including phenoxy) is 1. The van der Waals surface area contributed by atoms with Crippen LogP contribution < -0.4 is 4.74 Å². The minimum absolute atomic E-state index is 0.0877. The molecule has 0 aliphatic rings. The number of aryl methyl sites for hydroxylation is 1. The summed E-state index contributed by atoms with van der Waals surface area (Å²) in [6.07, 6.45) is 3.36. The normalized spacial score (nSPS) is 9.64. The molecular weight excluding hydrogens is 286 g/mol. The van der Waals surface area contributed by atoms with Gasteiger partial charge in [-0.1, -0.05) is 0 Å². The van der Waals surface area contributed by atoms with Crippen LogP contribution in [0.15, 0.2) is 16.9 Å². The molecule has 0 aromatic carbocycles. The molecule has 1 heterocycles. The molecule has 1 rings (SSSR count). The Morgan fingerprint density at radius 3 is 2.93 bits per heavy atom. The van der Waals surface area contributed by atoms with Gasteiger partial charge < -0.3 is 8.92 Å². The van der Waals surface area contributed by atoms with Gasteiger partial charge in [-0.15, -0.1) is 0 Å². The predicted octanol–water partition coefficient (Wildman–Crippen LogP) is 3.11. The van der Waals surface area contributed by atoms with Crippen molar-refractivity contribution in [3.63, 3.8) is 0 Å². The van der Waals surface area contributed by atoms with Crippen molar-refractivity contribution in [3.8, 4) is 5.75 Å². The number of nitrogens with zero attached hydrogens (tertiary/aromatic N) is 1. The van der Waals surface area contributed by atoms with Crippen LogP contribution in [0.25, 0.3) is 0 Å². The lowest BCUT2D eigenvalue weighted by Crippen LogP contribution is -2.06. The fourth-order valence-electron chi connectivity index (χ4n) is 0.791. The fraction of sp³-hybridized carbons (Fsp3) is 0.250. The van der Waals surface area contributed by atoms with Crippen molar-refractivity contribution in [2.24, 2.45) is 0 Å². The van der Waals surface area contributed by atoms with Gasteiger partial charge in [0.25, 0.3) is 0 Å². The molecule has 14 heavy (non-hydrogen) atoms. The fourth-order valence-corrected chi connectivity index (χ4v) is 1.70. The van der Waals surface area contributed by atoms with Crippen LogP contribution in [0.4, 0.5) is 0 Å². The second kappa shape index (κ2) is 5.53. The van der Waals surface area contributed by atoms with Gasteiger partial charge in [-0.2, -0.15) is 0 Å². The average Bonchev–Trinajstić information content (AvgIpc) is 2.10. The first-order chi connectivity index (χ1) is 6.63. The molecule has 3 nitrogen and oxygen atoms in total. The maximum atomic E-state index is 5.25. The molecule has 1 aromatic rings. The molecule has 0 saturated carbocycles. The lowest BCUT2D eigenvalue weighted by Gasteiger charge is -2.07. The van der Waals surface area contributed by atoms with E-state index in [-0.39, 0.29) is 5.24 Å². The third-order valence-electron chi connectivity index (χ3n) is 1.37. The Morgan fingerprint density at radius 2 is 2.36 bits per heavy atom. The van der Waals surface area contributed by atoms with Crippen molar-refractivity contribution in [2.45, 2.75) is 6.92 Å². The quantitative estimate of drug-likeness (QED) is 0.475. The van der Waals surface area contributed by atoms with E-state index < -0.39 is 0 Å². The van der Waals surface area contributed by atoms with Crippen molar-refractivity contribution in [2.75, 3.05) is 6.26 Å². The van der Waals surface area contributed by atoms with Gasteiger partial charge in [-0.3, -0.25) is 0 Å². The molecule has 0 amide bonds. The summed E-state index contributed by atoms with van der Waals surface area (Å²) in [7, 11) is 0. The Morgan fingerprint density at radius 1 is 1.64 bits per heavy atom. The molecule has 0 atom stereocenters. The highest BCUT2D eigenvalue weighted by Gasteiger charge is 2.05. The summed E-state index contributed by atoms with van der Waals surface area (Å²) in [6.45, 7) is 1.91. The highest BCUT2D eigenvalue weighted by molar-refractivity contribution is 9.10. The molecule has 76 valence electrons. The van der Waals surface area contributed by atoms with E-state index in [0.717, 1.165) is 22.2 Å². The highest BCUT2D eigenvalue weighted by Crippen LogP contribution is 2.20. The van der Waals surface area contributed by atoms with Crippen LogP contribution in [-0.4, -0.2) is 16.5 Å². The topological polar surface area (TPSA) is 31.4 Å². The van der Waals surface area contributed by atoms with Crippen LogP contribution in [0.2, 0.25) is 0 Å². The van der Waals surface area contributed by atoms with E-state index in [9.17, 15) is 0 Å². The number of rotatable bonds is 2. The molecule has 0 unspecified atom stereocenters. The van der Waals surface area contributed by atoms with Crippen LogP contribution in [-0.2, 0) is 4.18 Å². The molecule has 0 radical (unpaired) electrons. The van der Waals surface area contributed by atoms with E-state index in [4.69, 9.17) is 21.1 Å². The summed E-state index contributed by atoms with van der Waals surface area (Å²) < 4.78 is 10.9. The van der Waals surface area contributed by atoms with E-state index in [1.165, 1.54) is 0 Å². The number of thiocarbonyl (C=S) groups is 1. The molecule has 0 aliphatic heterocycles. The molecule has 1 aromatic heterocycles. The van der Waals surface area contributed by atoms with Crippen LogP contribution in [0.3, 0.4) is 0 Å². The monoisotopic (exact) mass is 293 g/mol. The Bertz CT molecular complexity index is 346. The Balaban J connectivity index is 2.72. The van der Waals surface area contributed by atoms with Crippen LogP contribution in [0.5, 0.6) is 5.75 Å². The third-order valence-corrected chi connectivity index (χ3v) is 2.40. The standard InChI is InChI=1S/C8H8BrNO2S2/c1-5-3-7(9)10-4-6(5)11-8(13)12-14-2/h3-4H,1-2H3. The average molecular weight is 294 g/mol. The minimum atomic E-state index is 0.0877. The van der Waals surface area contributed by atoms with Gasteiger partial charge in [0.15, 0.2) is 5.75 Å². The van der Waals surface area contributed by atoms with E-state index in [1.807, 2.05) is 13.0 Å². The first kappa shape index (κ1) is 11.7. The first-order valence-electron chi connectivity index (χ1n) is 3.68. The van der Waals surface area contributed by atoms with Gasteiger partial charge in [-0.05, 0) is 34.5 Å². The van der Waals surface area contributed by atoms with Crippen molar-refractivity contribution in [1.29, 1.82) is 0 Å². The van der Waals surface area contributed by atoms with Crippen LogP contribution >= 0.6 is 40.2 Å². The summed E-state index contributed by atoms with van der Waals surface area (Å²) in [5.74, 6) is 0.604. The van der Waals surface area contributed by atoms with Gasteiger partial charge in [0, 0.05) is 18.5 Å². The number of aromatic nitrogens is 1. The smallest absolute Gasteiger partial charge is 0.370 e. The van der Waals surface area contributed by atoms with Gasteiger partial charge in [-0.25, -0.2) is 4.98 Å². The molecule has 0 aliphatic carbocycles. The molecule has 0 saturated heterocycles. The summed E-state index contributed by atoms with van der Waals surface area (Å²) in [5, 5.41) is 0.0877. The van der Waals surface area contributed by atoms with E-state index in [1.54, 1.807) is 12.5 Å². The zero-order valence-corrected chi connectivity index (χ0v) is 10.8. The van der Waals surface area contributed by atoms with Crippen molar-refractivity contribution in [3.05, 3.63) is 22.4 Å². The lowest BCUT2D eigenvalue weighted by atomic mass is 10.3. The van der Waals surface area contributed by atoms with E-state index >= 15 is 0 Å². The Kier molecular flexibility index (Phi) is 4.64. The van der Waals surface area contributed by atoms with Gasteiger partial charge in [0.1, 0.15) is 4.60 Å². The Labute approximate surface area is 101 Å². The maximum absolute atomic E-state index is 5.25. The van der Waals surface area contributed by atoms with Crippen LogP contribution in [0, 0.1) is 6.92 Å². The van der Waals surface area contributed by atoms with Gasteiger partial charge in [0.05, 0.1) is 18.2 Å². The van der Waals surface area contributed by atoms with E-state index in [2.05, 4.69) is 20.9 Å². The molecule has 0 bridgehead atoms. The Hall–Kier alpha value is -0.330. The summed E-state index contributed by atoms with van der Waals surface area (Å²) >= 11 is 9.22. The largest absolute Gasteiger partial charge is 0.415 e. The van der Waals surface area contributed by atoms with Crippen LogP contribution in [0.1, 0.15) is 5.56 Å². The zero-order valence-electron chi connectivity index (χ0n) is 7.61. The number of hydrogen-bond donors (Lipinski definition) is 0. The third kappa shape index (κ3) is 3.43. The summed E-state index contributed by atoms with van der Waals surface area (Å²) in [5.41, 5.74) is 0.943. The van der Waals surface area contributed by atoms with Crippen molar-refractivity contribution >= 4 is 45.4 Å². The van der Waals surface area contributed by atoms with E-state index in [0.29, 0.717) is 5.75 Å². The second-order valence-corrected chi connectivity index (χ2v) is 4.02. The number of halogens is 1. The molecule has 0 N–H and O–H groups in total.